The lowest BCUT2D eigenvalue weighted by molar-refractivity contribution is -0.383. The first-order valence-corrected chi connectivity index (χ1v) is 5.06. The predicted molar refractivity (Wildman–Crippen MR) is 63.1 cm³/mol. The van der Waals surface area contributed by atoms with Gasteiger partial charge in [0, 0.05) is 23.2 Å². The van der Waals surface area contributed by atoms with Crippen LogP contribution >= 0.6 is 0 Å². The summed E-state index contributed by atoms with van der Waals surface area (Å²) < 4.78 is 0. The van der Waals surface area contributed by atoms with Crippen molar-refractivity contribution in [3.63, 3.8) is 0 Å². The third-order valence-electron chi connectivity index (χ3n) is 2.72. The minimum atomic E-state index is -0.470. The Morgan fingerprint density at radius 2 is 2.12 bits per heavy atom. The smallest absolute Gasteiger partial charge is 0.294 e. The highest BCUT2D eigenvalue weighted by atomic mass is 16.6. The number of nitro benzene ring substituents is 1. The van der Waals surface area contributed by atoms with Gasteiger partial charge in [0.25, 0.3) is 5.69 Å². The molecule has 0 saturated carbocycles. The highest BCUT2D eigenvalue weighted by molar-refractivity contribution is 6.01. The van der Waals surface area contributed by atoms with E-state index in [1.807, 2.05) is 0 Å². The fraction of sp³-hybridized carbons (Fsp3) is 0.167. The summed E-state index contributed by atoms with van der Waals surface area (Å²) in [5.41, 5.74) is 1.50. The molecule has 5 nitrogen and oxygen atoms in total. The zero-order valence-corrected chi connectivity index (χ0v) is 9.43. The number of aromatic nitrogens is 1. The number of ketones is 1. The van der Waals surface area contributed by atoms with E-state index in [9.17, 15) is 14.9 Å². The van der Waals surface area contributed by atoms with E-state index in [0.29, 0.717) is 16.5 Å². The topological polar surface area (TPSA) is 73.1 Å². The zero-order valence-electron chi connectivity index (χ0n) is 9.43. The lowest BCUT2D eigenvalue weighted by Crippen LogP contribution is -2.00. The molecule has 2 rings (SSSR count). The Balaban J connectivity index is 2.85. The maximum Gasteiger partial charge on any atom is 0.295 e. The van der Waals surface area contributed by atoms with E-state index in [1.165, 1.54) is 19.2 Å². The van der Waals surface area contributed by atoms with Crippen molar-refractivity contribution in [1.82, 2.24) is 4.98 Å². The van der Waals surface area contributed by atoms with Crippen LogP contribution in [0.25, 0.3) is 10.9 Å². The van der Waals surface area contributed by atoms with Gasteiger partial charge in [0.15, 0.2) is 5.78 Å². The molecular weight excluding hydrogens is 220 g/mol. The Bertz CT molecular complexity index is 635. The van der Waals surface area contributed by atoms with Crippen LogP contribution < -0.4 is 0 Å². The van der Waals surface area contributed by atoms with Gasteiger partial charge in [-0.25, -0.2) is 4.98 Å². The van der Waals surface area contributed by atoms with Crippen LogP contribution in [0, 0.1) is 17.0 Å². The first-order chi connectivity index (χ1) is 8.02. The predicted octanol–water partition coefficient (Wildman–Crippen LogP) is 2.65. The fourth-order valence-electron chi connectivity index (χ4n) is 1.84. The second-order valence-electron chi connectivity index (χ2n) is 3.78. The van der Waals surface area contributed by atoms with Crippen molar-refractivity contribution in [2.75, 3.05) is 0 Å². The Morgan fingerprint density at radius 1 is 1.41 bits per heavy atom. The Labute approximate surface area is 97.2 Å². The molecule has 1 aromatic heterocycles. The number of benzene rings is 1. The van der Waals surface area contributed by atoms with Crippen LogP contribution in [0.4, 0.5) is 5.69 Å². The molecule has 0 N–H and O–H groups in total. The molecule has 0 fully saturated rings. The first kappa shape index (κ1) is 11.2. The molecule has 0 amide bonds. The van der Waals surface area contributed by atoms with Crippen LogP contribution in [0.3, 0.4) is 0 Å². The van der Waals surface area contributed by atoms with Crippen LogP contribution in [0.15, 0.2) is 24.4 Å². The normalized spacial score (nSPS) is 10.5. The Morgan fingerprint density at radius 3 is 2.71 bits per heavy atom. The van der Waals surface area contributed by atoms with Crippen molar-refractivity contribution in [3.8, 4) is 0 Å². The third-order valence-corrected chi connectivity index (χ3v) is 2.72. The molecule has 0 aliphatic carbocycles. The molecule has 0 aliphatic heterocycles. The summed E-state index contributed by atoms with van der Waals surface area (Å²) in [7, 11) is 0. The van der Waals surface area contributed by atoms with Crippen LogP contribution in [0.5, 0.6) is 0 Å². The quantitative estimate of drug-likeness (QED) is 0.451. The molecule has 0 radical (unpaired) electrons. The number of para-hydroxylation sites is 1. The molecule has 5 heteroatoms. The number of fused-ring (bicyclic) bond motifs is 1. The zero-order chi connectivity index (χ0) is 12.6. The van der Waals surface area contributed by atoms with E-state index in [-0.39, 0.29) is 11.5 Å². The molecule has 0 saturated heterocycles. The number of carbonyl (C=O) groups is 1. The minimum Gasteiger partial charge on any atom is -0.294 e. The lowest BCUT2D eigenvalue weighted by Gasteiger charge is -2.05. The number of nitrogens with zero attached hydrogens (tertiary/aromatic N) is 2. The van der Waals surface area contributed by atoms with Crippen molar-refractivity contribution in [2.24, 2.45) is 0 Å². The van der Waals surface area contributed by atoms with Gasteiger partial charge < -0.3 is 0 Å². The number of carbonyl (C=O) groups excluding carboxylic acids is 1. The van der Waals surface area contributed by atoms with Crippen molar-refractivity contribution in [2.45, 2.75) is 13.8 Å². The molecule has 2 aromatic rings. The number of non-ortho nitro benzene ring substituents is 1. The molecule has 1 aromatic carbocycles. The first-order valence-electron chi connectivity index (χ1n) is 5.06. The second-order valence-corrected chi connectivity index (χ2v) is 3.78. The molecule has 0 atom stereocenters. The molecule has 17 heavy (non-hydrogen) atoms. The van der Waals surface area contributed by atoms with Gasteiger partial charge >= 0.3 is 0 Å². The summed E-state index contributed by atoms with van der Waals surface area (Å²) in [6.07, 6.45) is 1.40. The average Bonchev–Trinajstić information content (AvgIpc) is 2.28. The minimum absolute atomic E-state index is 0.0410. The van der Waals surface area contributed by atoms with E-state index >= 15 is 0 Å². The van der Waals surface area contributed by atoms with Gasteiger partial charge in [-0.1, -0.05) is 12.1 Å². The van der Waals surface area contributed by atoms with Gasteiger partial charge in [-0.05, 0) is 19.4 Å². The van der Waals surface area contributed by atoms with Crippen LogP contribution in [0.2, 0.25) is 0 Å². The summed E-state index contributed by atoms with van der Waals surface area (Å²) >= 11 is 0. The monoisotopic (exact) mass is 230 g/mol. The van der Waals surface area contributed by atoms with E-state index < -0.39 is 4.92 Å². The van der Waals surface area contributed by atoms with Gasteiger partial charge in [-0.2, -0.15) is 0 Å². The molecule has 0 spiro atoms. The summed E-state index contributed by atoms with van der Waals surface area (Å²) in [4.78, 5) is 25.8. The fourth-order valence-corrected chi connectivity index (χ4v) is 1.84. The Hall–Kier alpha value is -2.30. The Kier molecular flexibility index (Phi) is 2.59. The number of hydrogen-bond donors (Lipinski definition) is 0. The number of pyridine rings is 1. The van der Waals surface area contributed by atoms with E-state index in [1.54, 1.807) is 19.1 Å². The lowest BCUT2D eigenvalue weighted by atomic mass is 10.0. The largest absolute Gasteiger partial charge is 0.295 e. The standard InChI is InChI=1S/C12H10N2O3/c1-7-9-4-3-5-11(14(16)17)12(9)13-6-10(7)8(2)15/h3-6H,1-2H3. The molecule has 86 valence electrons. The average molecular weight is 230 g/mol. The highest BCUT2D eigenvalue weighted by Crippen LogP contribution is 2.27. The maximum absolute atomic E-state index is 11.4. The third kappa shape index (κ3) is 1.75. The van der Waals surface area contributed by atoms with Crippen LogP contribution in [-0.2, 0) is 0 Å². The molecule has 0 bridgehead atoms. The number of aryl methyl sites for hydroxylation is 1. The van der Waals surface area contributed by atoms with Crippen LogP contribution in [0.1, 0.15) is 22.8 Å². The highest BCUT2D eigenvalue weighted by Gasteiger charge is 2.16. The van der Waals surface area contributed by atoms with Crippen molar-refractivity contribution < 1.29 is 9.72 Å². The van der Waals surface area contributed by atoms with Crippen molar-refractivity contribution >= 4 is 22.4 Å². The summed E-state index contributed by atoms with van der Waals surface area (Å²) in [5.74, 6) is -0.0941. The van der Waals surface area contributed by atoms with Crippen molar-refractivity contribution in [3.05, 3.63) is 45.6 Å². The SMILES string of the molecule is CC(=O)c1cnc2c([N+](=O)[O-])cccc2c1C. The van der Waals surface area contributed by atoms with E-state index in [2.05, 4.69) is 4.98 Å². The molecular formula is C12H10N2O3. The number of hydrogen-bond acceptors (Lipinski definition) is 4. The number of rotatable bonds is 2. The van der Waals surface area contributed by atoms with E-state index in [4.69, 9.17) is 0 Å². The van der Waals surface area contributed by atoms with Gasteiger partial charge in [0.2, 0.25) is 0 Å². The van der Waals surface area contributed by atoms with Crippen LogP contribution in [-0.4, -0.2) is 15.7 Å². The van der Waals surface area contributed by atoms with Gasteiger partial charge in [0.05, 0.1) is 4.92 Å². The van der Waals surface area contributed by atoms with E-state index in [0.717, 1.165) is 5.56 Å². The maximum atomic E-state index is 11.4. The second kappa shape index (κ2) is 3.93. The van der Waals surface area contributed by atoms with Gasteiger partial charge in [-0.3, -0.25) is 14.9 Å². The summed E-state index contributed by atoms with van der Waals surface area (Å²) in [6.45, 7) is 3.22. The van der Waals surface area contributed by atoms with Gasteiger partial charge in [0.1, 0.15) is 5.52 Å². The van der Waals surface area contributed by atoms with Gasteiger partial charge in [-0.15, -0.1) is 0 Å². The summed E-state index contributed by atoms with van der Waals surface area (Å²) in [5, 5.41) is 11.5. The molecule has 0 aliphatic rings. The molecule has 0 unspecified atom stereocenters. The summed E-state index contributed by atoms with van der Waals surface area (Å²) in [6, 6.07) is 4.73. The molecule has 1 heterocycles. The number of Topliss-reactive ketones (excluding diaryl/α,β-unsaturated/α-hetero) is 1. The van der Waals surface area contributed by atoms with Crippen molar-refractivity contribution in [1.29, 1.82) is 0 Å². The number of nitro groups is 1.